The highest BCUT2D eigenvalue weighted by Crippen LogP contribution is 2.28. The topological polar surface area (TPSA) is 55.6 Å². The molecule has 100 valence electrons. The van der Waals surface area contributed by atoms with Gasteiger partial charge in [0.2, 0.25) is 0 Å². The van der Waals surface area contributed by atoms with Crippen molar-refractivity contribution in [3.63, 3.8) is 0 Å². The summed E-state index contributed by atoms with van der Waals surface area (Å²) in [4.78, 5) is 14.0. The maximum Gasteiger partial charge on any atom is 0.410 e. The average molecular weight is 242 g/mol. The number of ether oxygens (including phenoxy) is 1. The van der Waals surface area contributed by atoms with Gasteiger partial charge in [-0.1, -0.05) is 6.92 Å². The van der Waals surface area contributed by atoms with Crippen LogP contribution in [0.1, 0.15) is 47.5 Å². The summed E-state index contributed by atoms with van der Waals surface area (Å²) in [7, 11) is 0. The van der Waals surface area contributed by atoms with Crippen LogP contribution in [0.4, 0.5) is 4.79 Å². The summed E-state index contributed by atoms with van der Waals surface area (Å²) >= 11 is 0. The molecule has 0 unspecified atom stereocenters. The van der Waals surface area contributed by atoms with Crippen molar-refractivity contribution in [1.29, 1.82) is 0 Å². The second kappa shape index (κ2) is 5.25. The Kier molecular flexibility index (Phi) is 4.42. The van der Waals surface area contributed by atoms with Crippen LogP contribution in [0, 0.1) is 5.92 Å². The van der Waals surface area contributed by atoms with Gasteiger partial charge in [0.25, 0.3) is 0 Å². The molecule has 2 N–H and O–H groups in total. The van der Waals surface area contributed by atoms with E-state index in [9.17, 15) is 4.79 Å². The van der Waals surface area contributed by atoms with E-state index in [0.29, 0.717) is 12.5 Å². The number of hydrogen-bond acceptors (Lipinski definition) is 3. The lowest BCUT2D eigenvalue weighted by Crippen LogP contribution is -2.56. The Morgan fingerprint density at radius 2 is 1.94 bits per heavy atom. The summed E-state index contributed by atoms with van der Waals surface area (Å²) in [5, 5.41) is 0. The smallest absolute Gasteiger partial charge is 0.410 e. The zero-order valence-electron chi connectivity index (χ0n) is 11.7. The Morgan fingerprint density at radius 3 is 2.41 bits per heavy atom. The first-order chi connectivity index (χ1) is 7.76. The summed E-state index contributed by atoms with van der Waals surface area (Å²) < 4.78 is 5.46. The highest BCUT2D eigenvalue weighted by atomic mass is 16.6. The van der Waals surface area contributed by atoms with E-state index in [1.54, 1.807) is 0 Å². The molecule has 0 aliphatic carbocycles. The van der Waals surface area contributed by atoms with Gasteiger partial charge in [0.05, 0.1) is 6.04 Å². The molecule has 0 aromatic carbocycles. The minimum absolute atomic E-state index is 0.105. The predicted octanol–water partition coefficient (Wildman–Crippen LogP) is 2.37. The molecule has 4 nitrogen and oxygen atoms in total. The lowest BCUT2D eigenvalue weighted by Gasteiger charge is -2.44. The van der Waals surface area contributed by atoms with Gasteiger partial charge in [0.1, 0.15) is 5.60 Å². The molecule has 0 bridgehead atoms. The monoisotopic (exact) mass is 242 g/mol. The number of nitrogens with zero attached hydrogens (tertiary/aromatic N) is 1. The summed E-state index contributed by atoms with van der Waals surface area (Å²) in [6.07, 6.45) is 1.92. The molecule has 1 aliphatic rings. The van der Waals surface area contributed by atoms with Crippen LogP contribution in [-0.4, -0.2) is 35.2 Å². The van der Waals surface area contributed by atoms with Gasteiger partial charge in [-0.2, -0.15) is 0 Å². The van der Waals surface area contributed by atoms with Crippen LogP contribution in [-0.2, 0) is 4.74 Å². The summed E-state index contributed by atoms with van der Waals surface area (Å²) in [5.74, 6) is 0.448. The SMILES string of the molecule is C[C@@H]1CC[C@H](C)[C@@H](CN)N1C(=O)OC(C)(C)C. The molecule has 0 saturated carbocycles. The molecule has 1 fully saturated rings. The van der Waals surface area contributed by atoms with Gasteiger partial charge in [-0.05, 0) is 46.5 Å². The fraction of sp³-hybridized carbons (Fsp3) is 0.923. The summed E-state index contributed by atoms with van der Waals surface area (Å²) in [6.45, 7) is 10.4. The molecule has 1 heterocycles. The molecular weight excluding hydrogens is 216 g/mol. The van der Waals surface area contributed by atoms with E-state index < -0.39 is 5.60 Å². The minimum Gasteiger partial charge on any atom is -0.444 e. The average Bonchev–Trinajstić information content (AvgIpc) is 2.18. The molecule has 1 aliphatic heterocycles. The number of carbonyl (C=O) groups excluding carboxylic acids is 1. The minimum atomic E-state index is -0.448. The van der Waals surface area contributed by atoms with Gasteiger partial charge in [-0.25, -0.2) is 4.79 Å². The number of carbonyl (C=O) groups is 1. The fourth-order valence-corrected chi connectivity index (χ4v) is 2.41. The normalized spacial score (nSPS) is 30.2. The van der Waals surface area contributed by atoms with Gasteiger partial charge >= 0.3 is 6.09 Å². The standard InChI is InChI=1S/C13H26N2O2/c1-9-6-7-10(2)15(11(9)8-14)12(16)17-13(3,4)5/h9-11H,6-8,14H2,1-5H3/t9-,10+,11+/m0/s1. The molecule has 0 spiro atoms. The van der Waals surface area contributed by atoms with Crippen LogP contribution < -0.4 is 5.73 Å². The zero-order valence-corrected chi connectivity index (χ0v) is 11.7. The molecule has 17 heavy (non-hydrogen) atoms. The van der Waals surface area contributed by atoms with E-state index >= 15 is 0 Å². The van der Waals surface area contributed by atoms with Crippen molar-refractivity contribution in [2.75, 3.05) is 6.54 Å². The first-order valence-electron chi connectivity index (χ1n) is 6.47. The molecule has 0 aromatic rings. The van der Waals surface area contributed by atoms with Gasteiger partial charge in [-0.15, -0.1) is 0 Å². The molecule has 0 radical (unpaired) electrons. The van der Waals surface area contributed by atoms with Crippen LogP contribution in [0.3, 0.4) is 0 Å². The third-order valence-corrected chi connectivity index (χ3v) is 3.37. The number of likely N-dealkylation sites (tertiary alicyclic amines) is 1. The van der Waals surface area contributed by atoms with Gasteiger partial charge in [-0.3, -0.25) is 0 Å². The van der Waals surface area contributed by atoms with E-state index in [1.807, 2.05) is 25.7 Å². The first-order valence-corrected chi connectivity index (χ1v) is 6.47. The molecule has 1 saturated heterocycles. The maximum atomic E-state index is 12.2. The number of piperidine rings is 1. The third-order valence-electron chi connectivity index (χ3n) is 3.37. The third kappa shape index (κ3) is 3.60. The highest BCUT2D eigenvalue weighted by Gasteiger charge is 2.37. The number of nitrogens with two attached hydrogens (primary N) is 1. The van der Waals surface area contributed by atoms with Crippen molar-refractivity contribution in [3.8, 4) is 0 Å². The van der Waals surface area contributed by atoms with E-state index in [1.165, 1.54) is 0 Å². The van der Waals surface area contributed by atoms with Crippen LogP contribution >= 0.6 is 0 Å². The largest absolute Gasteiger partial charge is 0.444 e. The van der Waals surface area contributed by atoms with Crippen LogP contribution in [0.15, 0.2) is 0 Å². The molecule has 3 atom stereocenters. The van der Waals surface area contributed by atoms with E-state index in [0.717, 1.165) is 12.8 Å². The lowest BCUT2D eigenvalue weighted by atomic mass is 9.87. The second-order valence-electron chi connectivity index (χ2n) is 6.09. The Labute approximate surface area is 104 Å². The van der Waals surface area contributed by atoms with Crippen molar-refractivity contribution < 1.29 is 9.53 Å². The molecular formula is C13H26N2O2. The quantitative estimate of drug-likeness (QED) is 0.768. The Balaban J connectivity index is 2.79. The van der Waals surface area contributed by atoms with Crippen LogP contribution in [0.5, 0.6) is 0 Å². The van der Waals surface area contributed by atoms with Crippen LogP contribution in [0.25, 0.3) is 0 Å². The number of hydrogen-bond donors (Lipinski definition) is 1. The molecule has 0 aromatic heterocycles. The maximum absolute atomic E-state index is 12.2. The fourth-order valence-electron chi connectivity index (χ4n) is 2.41. The number of amides is 1. The zero-order chi connectivity index (χ0) is 13.2. The predicted molar refractivity (Wildman–Crippen MR) is 68.8 cm³/mol. The highest BCUT2D eigenvalue weighted by molar-refractivity contribution is 5.69. The van der Waals surface area contributed by atoms with Crippen molar-refractivity contribution >= 4 is 6.09 Å². The van der Waals surface area contributed by atoms with Gasteiger partial charge < -0.3 is 15.4 Å². The van der Waals surface area contributed by atoms with Gasteiger partial charge in [0, 0.05) is 12.6 Å². The van der Waals surface area contributed by atoms with E-state index in [4.69, 9.17) is 10.5 Å². The second-order valence-corrected chi connectivity index (χ2v) is 6.09. The Hall–Kier alpha value is -0.770. The number of rotatable bonds is 1. The Morgan fingerprint density at radius 1 is 1.35 bits per heavy atom. The molecule has 4 heteroatoms. The first kappa shape index (κ1) is 14.3. The van der Waals surface area contributed by atoms with E-state index in [2.05, 4.69) is 13.8 Å². The lowest BCUT2D eigenvalue weighted by molar-refractivity contribution is -0.0114. The van der Waals surface area contributed by atoms with Crippen molar-refractivity contribution in [3.05, 3.63) is 0 Å². The summed E-state index contributed by atoms with van der Waals surface area (Å²) in [5.41, 5.74) is 5.35. The Bertz CT molecular complexity index is 273. The van der Waals surface area contributed by atoms with Crippen LogP contribution in [0.2, 0.25) is 0 Å². The van der Waals surface area contributed by atoms with Crippen molar-refractivity contribution in [2.24, 2.45) is 11.7 Å². The van der Waals surface area contributed by atoms with E-state index in [-0.39, 0.29) is 18.2 Å². The summed E-state index contributed by atoms with van der Waals surface area (Å²) in [6, 6.07) is 0.322. The molecule has 1 rings (SSSR count). The van der Waals surface area contributed by atoms with Gasteiger partial charge in [0.15, 0.2) is 0 Å². The molecule has 1 amide bonds. The van der Waals surface area contributed by atoms with Crippen molar-refractivity contribution in [2.45, 2.75) is 65.1 Å². The van der Waals surface area contributed by atoms with Crippen molar-refractivity contribution in [1.82, 2.24) is 4.90 Å².